The first-order valence-corrected chi connectivity index (χ1v) is 8.39. The molecule has 124 valence electrons. The number of nitrogens with one attached hydrogen (secondary N) is 1. The van der Waals surface area contributed by atoms with Gasteiger partial charge in [0.05, 0.1) is 12.2 Å². The molecule has 5 nitrogen and oxygen atoms in total. The Kier molecular flexibility index (Phi) is 5.72. The van der Waals surface area contributed by atoms with Crippen molar-refractivity contribution >= 4 is 23.2 Å². The predicted octanol–water partition coefficient (Wildman–Crippen LogP) is 2.87. The number of thiophene rings is 1. The number of rotatable bonds is 6. The topological polar surface area (TPSA) is 79.2 Å². The minimum Gasteiger partial charge on any atom is -0.465 e. The summed E-state index contributed by atoms with van der Waals surface area (Å²) < 4.78 is 5.19. The van der Waals surface area contributed by atoms with Crippen molar-refractivity contribution in [1.82, 2.24) is 5.32 Å². The van der Waals surface area contributed by atoms with Gasteiger partial charge in [0.15, 0.2) is 0 Å². The second-order valence-electron chi connectivity index (χ2n) is 5.38. The number of nitrogens with zero attached hydrogens (tertiary/aromatic N) is 1. The molecule has 1 N–H and O–H groups in total. The van der Waals surface area contributed by atoms with Crippen molar-refractivity contribution < 1.29 is 14.3 Å². The van der Waals surface area contributed by atoms with Crippen LogP contribution < -0.4 is 5.32 Å². The van der Waals surface area contributed by atoms with Gasteiger partial charge in [0.25, 0.3) is 5.91 Å². The van der Waals surface area contributed by atoms with Gasteiger partial charge in [-0.3, -0.25) is 9.59 Å². The molecule has 1 aromatic carbocycles. The summed E-state index contributed by atoms with van der Waals surface area (Å²) in [6.45, 7) is 3.82. The lowest BCUT2D eigenvalue weighted by Gasteiger charge is -2.28. The van der Waals surface area contributed by atoms with E-state index in [0.29, 0.717) is 10.4 Å². The molecule has 0 aliphatic heterocycles. The smallest absolute Gasteiger partial charge is 0.318 e. The predicted molar refractivity (Wildman–Crippen MR) is 91.8 cm³/mol. The minimum atomic E-state index is -1.00. The number of hydrogen-bond acceptors (Lipinski definition) is 5. The molecule has 2 rings (SSSR count). The van der Waals surface area contributed by atoms with Gasteiger partial charge in [-0.05, 0) is 30.9 Å². The van der Waals surface area contributed by atoms with Gasteiger partial charge in [-0.2, -0.15) is 5.26 Å². The van der Waals surface area contributed by atoms with E-state index in [1.54, 1.807) is 25.3 Å². The number of carbonyl (C=O) groups is 2. The first-order valence-electron chi connectivity index (χ1n) is 7.51. The standard InChI is InChI=1S/C18H18N2O3S/c1-3-23-17(22)18(2,14-7-5-4-6-8-14)12-20-16(21)15-13(11-19)9-10-24-15/h4-10H,3,12H2,1-2H3,(H,20,21)/t18-/m1/s1. The quantitative estimate of drug-likeness (QED) is 0.819. The molecule has 1 aromatic heterocycles. The lowest BCUT2D eigenvalue weighted by Crippen LogP contribution is -2.45. The summed E-state index contributed by atoms with van der Waals surface area (Å²) in [4.78, 5) is 25.1. The normalized spacial score (nSPS) is 12.7. The van der Waals surface area contributed by atoms with E-state index in [-0.39, 0.29) is 19.1 Å². The number of ether oxygens (including phenoxy) is 1. The molecule has 1 atom stereocenters. The molecular weight excluding hydrogens is 324 g/mol. The third-order valence-corrected chi connectivity index (χ3v) is 4.64. The van der Waals surface area contributed by atoms with Crippen LogP contribution >= 0.6 is 11.3 Å². The second-order valence-corrected chi connectivity index (χ2v) is 6.29. The average Bonchev–Trinajstić information content (AvgIpc) is 3.09. The largest absolute Gasteiger partial charge is 0.465 e. The Morgan fingerprint density at radius 2 is 2.00 bits per heavy atom. The Morgan fingerprint density at radius 3 is 2.62 bits per heavy atom. The van der Waals surface area contributed by atoms with Crippen molar-refractivity contribution in [2.75, 3.05) is 13.2 Å². The van der Waals surface area contributed by atoms with Crippen molar-refractivity contribution in [2.45, 2.75) is 19.3 Å². The van der Waals surface area contributed by atoms with E-state index in [0.717, 1.165) is 5.56 Å². The lowest BCUT2D eigenvalue weighted by atomic mass is 9.82. The van der Waals surface area contributed by atoms with Gasteiger partial charge in [0.1, 0.15) is 16.4 Å². The fraction of sp³-hybridized carbons (Fsp3) is 0.278. The first kappa shape index (κ1) is 17.7. The summed E-state index contributed by atoms with van der Waals surface area (Å²) in [6.07, 6.45) is 0. The van der Waals surface area contributed by atoms with E-state index in [2.05, 4.69) is 5.32 Å². The molecule has 0 spiro atoms. The molecule has 2 aromatic rings. The zero-order valence-electron chi connectivity index (χ0n) is 13.5. The summed E-state index contributed by atoms with van der Waals surface area (Å²) in [5.41, 5.74) is 0.0854. The highest BCUT2D eigenvalue weighted by molar-refractivity contribution is 7.12. The van der Waals surface area contributed by atoms with Crippen LogP contribution in [0.4, 0.5) is 0 Å². The molecule has 0 aliphatic carbocycles. The third kappa shape index (κ3) is 3.63. The molecule has 6 heteroatoms. The maximum absolute atomic E-state index is 12.5. The van der Waals surface area contributed by atoms with E-state index in [9.17, 15) is 9.59 Å². The molecule has 0 bridgehead atoms. The number of carbonyl (C=O) groups excluding carboxylic acids is 2. The van der Waals surface area contributed by atoms with Crippen LogP contribution in [0, 0.1) is 11.3 Å². The Balaban J connectivity index is 2.22. The monoisotopic (exact) mass is 342 g/mol. The average molecular weight is 342 g/mol. The summed E-state index contributed by atoms with van der Waals surface area (Å²) in [6, 6.07) is 12.8. The van der Waals surface area contributed by atoms with Crippen molar-refractivity contribution in [1.29, 1.82) is 5.26 Å². The molecule has 0 aliphatic rings. The summed E-state index contributed by atoms with van der Waals surface area (Å²) in [5.74, 6) is -0.767. The van der Waals surface area contributed by atoms with Crippen LogP contribution in [0.15, 0.2) is 41.8 Å². The Hall–Kier alpha value is -2.65. The fourth-order valence-corrected chi connectivity index (χ4v) is 3.06. The lowest BCUT2D eigenvalue weighted by molar-refractivity contribution is -0.149. The molecule has 24 heavy (non-hydrogen) atoms. The van der Waals surface area contributed by atoms with Crippen LogP contribution in [0.2, 0.25) is 0 Å². The maximum Gasteiger partial charge on any atom is 0.318 e. The number of hydrogen-bond donors (Lipinski definition) is 1. The van der Waals surface area contributed by atoms with Crippen LogP contribution in [0.3, 0.4) is 0 Å². The van der Waals surface area contributed by atoms with Crippen molar-refractivity contribution in [3.8, 4) is 6.07 Å². The Morgan fingerprint density at radius 1 is 1.29 bits per heavy atom. The third-order valence-electron chi connectivity index (χ3n) is 3.73. The molecule has 0 unspecified atom stereocenters. The van der Waals surface area contributed by atoms with Crippen molar-refractivity contribution in [3.63, 3.8) is 0 Å². The van der Waals surface area contributed by atoms with E-state index in [1.165, 1.54) is 11.3 Å². The van der Waals surface area contributed by atoms with Gasteiger partial charge in [0, 0.05) is 6.54 Å². The zero-order valence-corrected chi connectivity index (χ0v) is 14.4. The second kappa shape index (κ2) is 7.75. The highest BCUT2D eigenvalue weighted by Gasteiger charge is 2.37. The summed E-state index contributed by atoms with van der Waals surface area (Å²) in [5, 5.41) is 13.5. The van der Waals surface area contributed by atoms with E-state index >= 15 is 0 Å². The summed E-state index contributed by atoms with van der Waals surface area (Å²) in [7, 11) is 0. The SMILES string of the molecule is CCOC(=O)[C@](C)(CNC(=O)c1sccc1C#N)c1ccccc1. The van der Waals surface area contributed by atoms with Crippen LogP contribution in [-0.2, 0) is 14.9 Å². The highest BCUT2D eigenvalue weighted by Crippen LogP contribution is 2.25. The molecular formula is C18H18N2O3S. The first-order chi connectivity index (χ1) is 11.5. The number of amides is 1. The van der Waals surface area contributed by atoms with E-state index in [4.69, 9.17) is 10.00 Å². The highest BCUT2D eigenvalue weighted by atomic mass is 32.1. The Labute approximate surface area is 144 Å². The van der Waals surface area contributed by atoms with Gasteiger partial charge in [0.2, 0.25) is 0 Å². The van der Waals surface area contributed by atoms with Crippen LogP contribution in [0.5, 0.6) is 0 Å². The fourth-order valence-electron chi connectivity index (χ4n) is 2.30. The van der Waals surface area contributed by atoms with Gasteiger partial charge in [-0.25, -0.2) is 0 Å². The van der Waals surface area contributed by atoms with Crippen molar-refractivity contribution in [2.24, 2.45) is 0 Å². The van der Waals surface area contributed by atoms with Gasteiger partial charge in [-0.1, -0.05) is 30.3 Å². The molecule has 0 saturated heterocycles. The zero-order chi connectivity index (χ0) is 17.6. The molecule has 1 amide bonds. The molecule has 0 saturated carbocycles. The van der Waals surface area contributed by atoms with Gasteiger partial charge in [-0.15, -0.1) is 11.3 Å². The Bertz CT molecular complexity index is 764. The minimum absolute atomic E-state index is 0.0808. The molecule has 1 heterocycles. The van der Waals surface area contributed by atoms with Crippen LogP contribution in [0.25, 0.3) is 0 Å². The van der Waals surface area contributed by atoms with E-state index < -0.39 is 11.4 Å². The van der Waals surface area contributed by atoms with Gasteiger partial charge >= 0.3 is 5.97 Å². The maximum atomic E-state index is 12.5. The molecule has 0 radical (unpaired) electrons. The van der Waals surface area contributed by atoms with Crippen LogP contribution in [-0.4, -0.2) is 25.0 Å². The summed E-state index contributed by atoms with van der Waals surface area (Å²) >= 11 is 1.20. The van der Waals surface area contributed by atoms with Crippen molar-refractivity contribution in [3.05, 3.63) is 57.8 Å². The number of benzene rings is 1. The number of esters is 1. The number of nitriles is 1. The molecule has 0 fully saturated rings. The van der Waals surface area contributed by atoms with Gasteiger partial charge < -0.3 is 10.1 Å². The van der Waals surface area contributed by atoms with E-state index in [1.807, 2.05) is 36.4 Å². The van der Waals surface area contributed by atoms with Crippen LogP contribution in [0.1, 0.15) is 34.6 Å².